The molecule has 0 spiro atoms. The molecule has 5 heteroatoms. The van der Waals surface area contributed by atoms with Crippen LogP contribution in [0.2, 0.25) is 0 Å². The van der Waals surface area contributed by atoms with E-state index >= 15 is 0 Å². The minimum atomic E-state index is -0.496. The molecule has 1 amide bonds. The Kier molecular flexibility index (Phi) is 4.61. The molecule has 134 valence electrons. The number of piperidine rings is 1. The molecule has 1 aromatic carbocycles. The van der Waals surface area contributed by atoms with Crippen LogP contribution < -0.4 is 4.74 Å². The SMILES string of the molecule is C[C@H](Oc1cccnc1)C(=O)N1CCC(c2c[nH]c3ccccc23)CC1. The number of nitrogens with zero attached hydrogens (tertiary/aromatic N) is 2. The lowest BCUT2D eigenvalue weighted by Crippen LogP contribution is -2.44. The Hall–Kier alpha value is -2.82. The van der Waals surface area contributed by atoms with Crippen molar-refractivity contribution in [3.8, 4) is 5.75 Å². The van der Waals surface area contributed by atoms with Crippen LogP contribution in [0.5, 0.6) is 5.75 Å². The first kappa shape index (κ1) is 16.6. The summed E-state index contributed by atoms with van der Waals surface area (Å²) in [6.45, 7) is 3.34. The number of likely N-dealkylation sites (tertiary alicyclic amines) is 1. The van der Waals surface area contributed by atoms with Gasteiger partial charge in [-0.05, 0) is 49.4 Å². The predicted octanol–water partition coefficient (Wildman–Crippen LogP) is 3.74. The Morgan fingerprint density at radius 2 is 2.04 bits per heavy atom. The van der Waals surface area contributed by atoms with Crippen LogP contribution in [0.1, 0.15) is 31.2 Å². The highest BCUT2D eigenvalue weighted by Gasteiger charge is 2.28. The van der Waals surface area contributed by atoms with Crippen molar-refractivity contribution in [2.24, 2.45) is 0 Å². The predicted molar refractivity (Wildman–Crippen MR) is 101 cm³/mol. The molecule has 26 heavy (non-hydrogen) atoms. The van der Waals surface area contributed by atoms with Gasteiger partial charge in [0, 0.05) is 36.4 Å². The first-order valence-electron chi connectivity index (χ1n) is 9.14. The topological polar surface area (TPSA) is 58.2 Å². The van der Waals surface area contributed by atoms with Gasteiger partial charge in [-0.3, -0.25) is 9.78 Å². The number of benzene rings is 1. The summed E-state index contributed by atoms with van der Waals surface area (Å²) in [7, 11) is 0. The molecule has 3 aromatic rings. The molecule has 0 saturated carbocycles. The van der Waals surface area contributed by atoms with Crippen LogP contribution >= 0.6 is 0 Å². The summed E-state index contributed by atoms with van der Waals surface area (Å²) in [5.74, 6) is 1.16. The molecule has 0 unspecified atom stereocenters. The second kappa shape index (κ2) is 7.20. The molecule has 1 aliphatic heterocycles. The van der Waals surface area contributed by atoms with E-state index in [0.29, 0.717) is 11.7 Å². The summed E-state index contributed by atoms with van der Waals surface area (Å²) in [5.41, 5.74) is 2.55. The largest absolute Gasteiger partial charge is 0.479 e. The first-order chi connectivity index (χ1) is 12.7. The van der Waals surface area contributed by atoms with Crippen LogP contribution in [0.15, 0.2) is 55.0 Å². The second-order valence-corrected chi connectivity index (χ2v) is 6.84. The number of hydrogen-bond donors (Lipinski definition) is 1. The van der Waals surface area contributed by atoms with Crippen molar-refractivity contribution in [3.63, 3.8) is 0 Å². The lowest BCUT2D eigenvalue weighted by molar-refractivity contribution is -0.139. The fourth-order valence-corrected chi connectivity index (χ4v) is 3.77. The van der Waals surface area contributed by atoms with Gasteiger partial charge in [-0.2, -0.15) is 0 Å². The molecule has 2 aromatic heterocycles. The van der Waals surface area contributed by atoms with E-state index in [2.05, 4.69) is 34.4 Å². The fourth-order valence-electron chi connectivity index (χ4n) is 3.77. The molecule has 4 rings (SSSR count). The number of carbonyl (C=O) groups is 1. The van der Waals surface area contributed by atoms with E-state index in [9.17, 15) is 4.79 Å². The van der Waals surface area contributed by atoms with Gasteiger partial charge in [0.1, 0.15) is 5.75 Å². The van der Waals surface area contributed by atoms with Gasteiger partial charge < -0.3 is 14.6 Å². The molecule has 1 N–H and O–H groups in total. The summed E-state index contributed by atoms with van der Waals surface area (Å²) in [6, 6.07) is 12.0. The zero-order valence-electron chi connectivity index (χ0n) is 14.9. The van der Waals surface area contributed by atoms with Gasteiger partial charge in [0.2, 0.25) is 0 Å². The number of amides is 1. The number of aromatic nitrogens is 2. The van der Waals surface area contributed by atoms with Crippen LogP contribution in [0.25, 0.3) is 10.9 Å². The highest BCUT2D eigenvalue weighted by molar-refractivity contribution is 5.84. The molecule has 1 fully saturated rings. The molecule has 0 aliphatic carbocycles. The lowest BCUT2D eigenvalue weighted by Gasteiger charge is -2.33. The molecular weight excluding hydrogens is 326 g/mol. The third kappa shape index (κ3) is 3.29. The molecule has 0 radical (unpaired) electrons. The van der Waals surface area contributed by atoms with Crippen molar-refractivity contribution in [3.05, 3.63) is 60.6 Å². The molecular formula is C21H23N3O2. The molecule has 1 atom stereocenters. The lowest BCUT2D eigenvalue weighted by atomic mass is 9.89. The number of aromatic amines is 1. The van der Waals surface area contributed by atoms with E-state index in [-0.39, 0.29) is 5.91 Å². The number of hydrogen-bond acceptors (Lipinski definition) is 3. The average Bonchev–Trinajstić information content (AvgIpc) is 3.12. The Bertz CT molecular complexity index is 882. The number of ether oxygens (including phenoxy) is 1. The Labute approximate surface area is 153 Å². The molecule has 1 aliphatic rings. The van der Waals surface area contributed by atoms with Crippen LogP contribution in [-0.4, -0.2) is 40.0 Å². The van der Waals surface area contributed by atoms with Crippen molar-refractivity contribution in [2.45, 2.75) is 31.8 Å². The quantitative estimate of drug-likeness (QED) is 0.781. The Balaban J connectivity index is 1.38. The maximum absolute atomic E-state index is 12.7. The van der Waals surface area contributed by atoms with Crippen LogP contribution in [0.3, 0.4) is 0 Å². The second-order valence-electron chi connectivity index (χ2n) is 6.84. The van der Waals surface area contributed by atoms with Gasteiger partial charge >= 0.3 is 0 Å². The number of carbonyl (C=O) groups excluding carboxylic acids is 1. The number of fused-ring (bicyclic) bond motifs is 1. The third-order valence-electron chi connectivity index (χ3n) is 5.16. The van der Waals surface area contributed by atoms with Crippen LogP contribution in [0.4, 0.5) is 0 Å². The highest BCUT2D eigenvalue weighted by Crippen LogP contribution is 2.33. The molecule has 3 heterocycles. The van der Waals surface area contributed by atoms with Gasteiger partial charge in [-0.15, -0.1) is 0 Å². The van der Waals surface area contributed by atoms with Crippen molar-refractivity contribution in [1.29, 1.82) is 0 Å². The molecule has 5 nitrogen and oxygen atoms in total. The minimum absolute atomic E-state index is 0.0474. The van der Waals surface area contributed by atoms with E-state index in [4.69, 9.17) is 4.74 Å². The highest BCUT2D eigenvalue weighted by atomic mass is 16.5. The van der Waals surface area contributed by atoms with Gasteiger partial charge in [-0.25, -0.2) is 0 Å². The Morgan fingerprint density at radius 1 is 1.23 bits per heavy atom. The molecule has 1 saturated heterocycles. The van der Waals surface area contributed by atoms with Crippen molar-refractivity contribution in [1.82, 2.24) is 14.9 Å². The minimum Gasteiger partial charge on any atom is -0.479 e. The smallest absolute Gasteiger partial charge is 0.263 e. The normalized spacial score (nSPS) is 16.6. The summed E-state index contributed by atoms with van der Waals surface area (Å²) >= 11 is 0. The standard InChI is InChI=1S/C21H23N3O2/c1-15(26-17-5-4-10-22-13-17)21(25)24-11-8-16(9-12-24)19-14-23-20-7-3-2-6-18(19)20/h2-7,10,13-16,23H,8-9,11-12H2,1H3/t15-/m0/s1. The number of para-hydroxylation sites is 1. The van der Waals surface area contributed by atoms with E-state index in [1.54, 1.807) is 25.4 Å². The van der Waals surface area contributed by atoms with Crippen LogP contribution in [0, 0.1) is 0 Å². The van der Waals surface area contributed by atoms with E-state index in [1.807, 2.05) is 17.0 Å². The monoisotopic (exact) mass is 349 g/mol. The average molecular weight is 349 g/mol. The summed E-state index contributed by atoms with van der Waals surface area (Å²) < 4.78 is 5.73. The Morgan fingerprint density at radius 3 is 2.81 bits per heavy atom. The van der Waals surface area contributed by atoms with Gasteiger partial charge in [0.25, 0.3) is 5.91 Å². The van der Waals surface area contributed by atoms with Gasteiger partial charge in [0.05, 0.1) is 6.20 Å². The van der Waals surface area contributed by atoms with Gasteiger partial charge in [-0.1, -0.05) is 18.2 Å². The number of rotatable bonds is 4. The first-order valence-corrected chi connectivity index (χ1v) is 9.14. The van der Waals surface area contributed by atoms with Crippen molar-refractivity contribution in [2.75, 3.05) is 13.1 Å². The van der Waals surface area contributed by atoms with Crippen molar-refractivity contribution < 1.29 is 9.53 Å². The maximum atomic E-state index is 12.7. The van der Waals surface area contributed by atoms with Crippen LogP contribution in [-0.2, 0) is 4.79 Å². The van der Waals surface area contributed by atoms with E-state index in [1.165, 1.54) is 16.5 Å². The zero-order valence-corrected chi connectivity index (χ0v) is 14.9. The number of pyridine rings is 1. The summed E-state index contributed by atoms with van der Waals surface area (Å²) in [4.78, 5) is 22.0. The number of H-pyrrole nitrogens is 1. The number of nitrogens with one attached hydrogen (secondary N) is 1. The maximum Gasteiger partial charge on any atom is 0.263 e. The summed E-state index contributed by atoms with van der Waals surface area (Å²) in [5, 5.41) is 1.30. The molecule has 0 bridgehead atoms. The van der Waals surface area contributed by atoms with E-state index < -0.39 is 6.10 Å². The van der Waals surface area contributed by atoms with E-state index in [0.717, 1.165) is 25.9 Å². The fraction of sp³-hybridized carbons (Fsp3) is 0.333. The van der Waals surface area contributed by atoms with Gasteiger partial charge in [0.15, 0.2) is 6.10 Å². The van der Waals surface area contributed by atoms with Crippen molar-refractivity contribution >= 4 is 16.8 Å². The third-order valence-corrected chi connectivity index (χ3v) is 5.16. The zero-order chi connectivity index (χ0) is 17.9. The summed E-state index contributed by atoms with van der Waals surface area (Å²) in [6.07, 6.45) is 6.91.